The Labute approximate surface area is 365 Å². The molecule has 9 unspecified atom stereocenters. The Morgan fingerprint density at radius 1 is 0.683 bits per heavy atom. The van der Waals surface area contributed by atoms with Crippen LogP contribution in [-0.4, -0.2) is 101 Å². The van der Waals surface area contributed by atoms with Gasteiger partial charge in [-0.1, -0.05) is 34.6 Å². The molecular weight excluding hydrogens is 819 g/mol. The summed E-state index contributed by atoms with van der Waals surface area (Å²) < 4.78 is 0. The standard InChI is InChI=1S/C45H61N5O13/c1-21-36-24(10-13-31(54)55)41(3,4)28(48-36)18-27-23(9-12-30(52)53)43(6,19-29(46)51)39(47-27)22(2)37-25(11-14-32(56)57)44(7,20-35(62)63)45(8,50-37)40-26(17-34(60)61)42(5,38(21)49-40)16-15-33(58)59/h18,23-26,40,47H,9-17,19-20H2,1-8H3,(H2,46,51)(H,52,53)(H,54,55)(H,56,57)(H,58,59)(H,60,61)(H,62,63). The van der Waals surface area contributed by atoms with Crippen molar-refractivity contribution in [1.29, 1.82) is 0 Å². The number of carboxylic acid groups (broad SMARTS) is 6. The normalized spacial score (nSPS) is 33.0. The zero-order valence-electron chi connectivity index (χ0n) is 37.2. The van der Waals surface area contributed by atoms with E-state index in [-0.39, 0.29) is 51.4 Å². The summed E-state index contributed by atoms with van der Waals surface area (Å²) in [6.45, 7) is 14.2. The topological polar surface area (TPSA) is 316 Å². The maximum atomic E-state index is 13.1. The van der Waals surface area contributed by atoms with Crippen LogP contribution in [0.25, 0.3) is 0 Å². The number of carboxylic acids is 6. The number of rotatable bonds is 18. The molecule has 5 heterocycles. The van der Waals surface area contributed by atoms with Crippen molar-refractivity contribution < 1.29 is 64.2 Å². The van der Waals surface area contributed by atoms with Crippen molar-refractivity contribution in [2.75, 3.05) is 0 Å². The lowest BCUT2D eigenvalue weighted by Gasteiger charge is -2.48. The molecule has 5 rings (SSSR count). The van der Waals surface area contributed by atoms with Gasteiger partial charge in [0.15, 0.2) is 0 Å². The second-order valence-corrected chi connectivity index (χ2v) is 19.5. The summed E-state index contributed by atoms with van der Waals surface area (Å²) in [6, 6.07) is -1.13. The minimum atomic E-state index is -1.60. The zero-order chi connectivity index (χ0) is 47.4. The third kappa shape index (κ3) is 8.56. The highest BCUT2D eigenvalue weighted by Crippen LogP contribution is 2.62. The lowest BCUT2D eigenvalue weighted by Crippen LogP contribution is -2.55. The highest BCUT2D eigenvalue weighted by molar-refractivity contribution is 6.10. The van der Waals surface area contributed by atoms with Crippen LogP contribution in [0.15, 0.2) is 49.3 Å². The number of hydrogen-bond donors (Lipinski definition) is 8. The van der Waals surface area contributed by atoms with Gasteiger partial charge in [-0.05, 0) is 63.7 Å². The van der Waals surface area contributed by atoms with Crippen molar-refractivity contribution in [2.24, 2.45) is 66.0 Å². The van der Waals surface area contributed by atoms with Crippen molar-refractivity contribution in [1.82, 2.24) is 5.32 Å². The fourth-order valence-electron chi connectivity index (χ4n) is 11.8. The van der Waals surface area contributed by atoms with Gasteiger partial charge in [0.05, 0.1) is 24.4 Å². The molecule has 5 aliphatic rings. The minimum Gasteiger partial charge on any atom is -0.481 e. The second kappa shape index (κ2) is 17.1. The third-order valence-corrected chi connectivity index (χ3v) is 15.3. The molecule has 1 amide bonds. The van der Waals surface area contributed by atoms with Gasteiger partial charge >= 0.3 is 35.8 Å². The fourth-order valence-corrected chi connectivity index (χ4v) is 11.8. The quantitative estimate of drug-likeness (QED) is 0.0864. The molecule has 5 aliphatic heterocycles. The van der Waals surface area contributed by atoms with Crippen molar-refractivity contribution in [3.63, 3.8) is 0 Å². The summed E-state index contributed by atoms with van der Waals surface area (Å²) in [6.07, 6.45) is -0.957. The predicted molar refractivity (Wildman–Crippen MR) is 229 cm³/mol. The van der Waals surface area contributed by atoms with Crippen molar-refractivity contribution in [3.05, 3.63) is 34.3 Å². The SMILES string of the molecule is CC1=C2N=C(C=C3NC(=C(C)C4=NC(C)(C5N=C1C(C)(CCC(=O)O)C5CC(=O)O)C(C)(CC(=O)O)C4CCC(=O)O)C(C)(CC(N)=O)C3CCC(=O)O)C(C)(C)C2CCC(=O)O. The van der Waals surface area contributed by atoms with Gasteiger partial charge in [-0.15, -0.1) is 0 Å². The smallest absolute Gasteiger partial charge is 0.304 e. The number of nitrogens with one attached hydrogen (secondary N) is 1. The molecule has 18 heteroatoms. The van der Waals surface area contributed by atoms with E-state index in [4.69, 9.17) is 20.7 Å². The first-order chi connectivity index (χ1) is 29.0. The Hall–Kier alpha value is -5.68. The Morgan fingerprint density at radius 2 is 1.22 bits per heavy atom. The van der Waals surface area contributed by atoms with Crippen LogP contribution in [0.2, 0.25) is 0 Å². The van der Waals surface area contributed by atoms with Gasteiger partial charge in [0.1, 0.15) is 0 Å². The van der Waals surface area contributed by atoms with E-state index in [0.717, 1.165) is 0 Å². The molecule has 344 valence electrons. The first-order valence-electron chi connectivity index (χ1n) is 21.3. The first kappa shape index (κ1) is 48.4. The van der Waals surface area contributed by atoms with Crippen LogP contribution in [0, 0.1) is 45.3 Å². The lowest BCUT2D eigenvalue weighted by atomic mass is 9.55. The van der Waals surface area contributed by atoms with E-state index in [1.54, 1.807) is 47.6 Å². The number of aliphatic carboxylic acids is 6. The summed E-state index contributed by atoms with van der Waals surface area (Å²) >= 11 is 0. The maximum Gasteiger partial charge on any atom is 0.304 e. The molecule has 63 heavy (non-hydrogen) atoms. The summed E-state index contributed by atoms with van der Waals surface area (Å²) in [5, 5.41) is 64.7. The van der Waals surface area contributed by atoms with Crippen LogP contribution in [0.1, 0.15) is 126 Å². The summed E-state index contributed by atoms with van der Waals surface area (Å²) in [5.74, 6) is -10.8. The van der Waals surface area contributed by atoms with Crippen LogP contribution in [0.3, 0.4) is 0 Å². The zero-order valence-corrected chi connectivity index (χ0v) is 37.2. The number of amides is 1. The number of carbonyl (C=O) groups is 7. The van der Waals surface area contributed by atoms with Gasteiger partial charge in [-0.2, -0.15) is 0 Å². The van der Waals surface area contributed by atoms with E-state index >= 15 is 0 Å². The van der Waals surface area contributed by atoms with Gasteiger partial charge < -0.3 is 41.7 Å². The summed E-state index contributed by atoms with van der Waals surface area (Å²) in [5.41, 5.74) is 2.87. The van der Waals surface area contributed by atoms with Gasteiger partial charge in [0, 0.05) is 112 Å². The fraction of sp³-hybridized carbons (Fsp3) is 0.644. The molecule has 1 saturated heterocycles. The first-order valence-corrected chi connectivity index (χ1v) is 21.3. The van der Waals surface area contributed by atoms with E-state index < -0.39 is 118 Å². The lowest BCUT2D eigenvalue weighted by molar-refractivity contribution is -0.143. The van der Waals surface area contributed by atoms with Crippen LogP contribution >= 0.6 is 0 Å². The van der Waals surface area contributed by atoms with Gasteiger partial charge in [0.25, 0.3) is 0 Å². The van der Waals surface area contributed by atoms with Crippen LogP contribution in [0.4, 0.5) is 0 Å². The van der Waals surface area contributed by atoms with E-state index in [9.17, 15) is 64.2 Å². The average molecular weight is 880 g/mol. The summed E-state index contributed by atoms with van der Waals surface area (Å²) in [7, 11) is 0. The number of primary amides is 1. The molecule has 0 radical (unpaired) electrons. The summed E-state index contributed by atoms with van der Waals surface area (Å²) in [4.78, 5) is 104. The number of carbonyl (C=O) groups excluding carboxylic acids is 1. The molecule has 18 nitrogen and oxygen atoms in total. The van der Waals surface area contributed by atoms with E-state index in [2.05, 4.69) is 5.32 Å². The highest BCUT2D eigenvalue weighted by Gasteiger charge is 2.66. The Morgan fingerprint density at radius 3 is 1.73 bits per heavy atom. The predicted octanol–water partition coefficient (Wildman–Crippen LogP) is 5.32. The van der Waals surface area contributed by atoms with E-state index in [0.29, 0.717) is 45.4 Å². The molecule has 0 aromatic carbocycles. The van der Waals surface area contributed by atoms with Crippen molar-refractivity contribution in [2.45, 2.75) is 138 Å². The molecular formula is C45H61N5O13. The number of fused-ring (bicyclic) bond motifs is 6. The number of allylic oxidation sites excluding steroid dienone is 6. The van der Waals surface area contributed by atoms with Crippen molar-refractivity contribution >= 4 is 58.9 Å². The monoisotopic (exact) mass is 879 g/mol. The van der Waals surface area contributed by atoms with Crippen LogP contribution in [-0.2, 0) is 33.6 Å². The maximum absolute atomic E-state index is 13.1. The highest BCUT2D eigenvalue weighted by atomic mass is 16.4. The molecule has 0 aromatic heterocycles. The Bertz CT molecular complexity index is 2220. The minimum absolute atomic E-state index is 0.0354. The molecule has 0 saturated carbocycles. The van der Waals surface area contributed by atoms with Gasteiger partial charge in [-0.25, -0.2) is 0 Å². The molecule has 0 spiro atoms. The molecule has 8 bridgehead atoms. The van der Waals surface area contributed by atoms with Crippen LogP contribution in [0.5, 0.6) is 0 Å². The molecule has 1 fully saturated rings. The Balaban J connectivity index is 2.03. The Kier molecular flexibility index (Phi) is 13.1. The largest absolute Gasteiger partial charge is 0.481 e. The van der Waals surface area contributed by atoms with Crippen LogP contribution < -0.4 is 11.1 Å². The van der Waals surface area contributed by atoms with E-state index in [1.807, 2.05) is 13.8 Å². The number of aliphatic imine (C=N–C) groups is 3. The average Bonchev–Trinajstić information content (AvgIpc) is 3.75. The molecule has 9 atom stereocenters. The van der Waals surface area contributed by atoms with Gasteiger partial charge in [-0.3, -0.25) is 48.5 Å². The van der Waals surface area contributed by atoms with Gasteiger partial charge in [0.2, 0.25) is 5.91 Å². The second-order valence-electron chi connectivity index (χ2n) is 19.5. The van der Waals surface area contributed by atoms with E-state index in [1.165, 1.54) is 0 Å². The molecule has 0 aromatic rings. The molecule has 0 aliphatic carbocycles. The number of nitrogens with two attached hydrogens (primary N) is 1. The van der Waals surface area contributed by atoms with Crippen molar-refractivity contribution in [3.8, 4) is 0 Å². The number of hydrogen-bond acceptors (Lipinski definition) is 11. The molecule has 9 N–H and O–H groups in total. The third-order valence-electron chi connectivity index (χ3n) is 15.3. The number of nitrogens with zero attached hydrogens (tertiary/aromatic N) is 3.